The lowest BCUT2D eigenvalue weighted by molar-refractivity contribution is 0.633. The van der Waals surface area contributed by atoms with Crippen LogP contribution < -0.4 is 11.1 Å². The molecule has 0 spiro atoms. The molecule has 0 fully saturated rings. The number of thiophene rings is 1. The van der Waals surface area contributed by atoms with Crippen molar-refractivity contribution in [2.45, 2.75) is 13.0 Å². The lowest BCUT2D eigenvalue weighted by Crippen LogP contribution is -2.24. The quantitative estimate of drug-likeness (QED) is 0.717. The average molecular weight is 230 g/mol. The molecule has 0 amide bonds. The molecule has 80 valence electrons. The van der Waals surface area contributed by atoms with Crippen LogP contribution in [0, 0.1) is 11.3 Å². The summed E-state index contributed by atoms with van der Waals surface area (Å²) < 4.78 is 0. The Labute approximate surface area is 96.7 Å². The third-order valence-corrected chi connectivity index (χ3v) is 3.87. The summed E-state index contributed by atoms with van der Waals surface area (Å²) in [6, 6.07) is 4.18. The number of nitrogens with zero attached hydrogens (tertiary/aromatic N) is 2. The van der Waals surface area contributed by atoms with Crippen molar-refractivity contribution >= 4 is 27.2 Å². The summed E-state index contributed by atoms with van der Waals surface area (Å²) in [5.41, 5.74) is 8.82. The number of hydrogen-bond acceptors (Lipinski definition) is 5. The number of pyridine rings is 1. The first-order chi connectivity index (χ1) is 7.79. The minimum atomic E-state index is 0.567. The fourth-order valence-electron chi connectivity index (χ4n) is 2.00. The molecule has 0 saturated heterocycles. The maximum Gasteiger partial charge on any atom is 0.130 e. The van der Waals surface area contributed by atoms with E-state index in [9.17, 15) is 0 Å². The van der Waals surface area contributed by atoms with E-state index in [0.29, 0.717) is 10.6 Å². The molecule has 0 radical (unpaired) electrons. The summed E-state index contributed by atoms with van der Waals surface area (Å²) in [6.07, 6.45) is 0.949. The first-order valence-electron chi connectivity index (χ1n) is 5.11. The average Bonchev–Trinajstić information content (AvgIpc) is 2.63. The van der Waals surface area contributed by atoms with Crippen molar-refractivity contribution in [2.75, 3.05) is 12.3 Å². The van der Waals surface area contributed by atoms with Gasteiger partial charge in [-0.3, -0.25) is 0 Å². The molecule has 0 atom stereocenters. The molecule has 0 aliphatic carbocycles. The minimum Gasteiger partial charge on any atom is -0.396 e. The van der Waals surface area contributed by atoms with Crippen LogP contribution in [0.25, 0.3) is 10.2 Å². The molecule has 1 aliphatic rings. The zero-order chi connectivity index (χ0) is 11.1. The molecule has 0 aromatic carbocycles. The smallest absolute Gasteiger partial charge is 0.130 e. The topological polar surface area (TPSA) is 74.7 Å². The molecule has 3 rings (SSSR count). The first-order valence-corrected chi connectivity index (χ1v) is 5.93. The second-order valence-corrected chi connectivity index (χ2v) is 4.83. The summed E-state index contributed by atoms with van der Waals surface area (Å²) in [5.74, 6) is 0. The number of aromatic nitrogens is 1. The highest BCUT2D eigenvalue weighted by molar-refractivity contribution is 7.19. The Morgan fingerprint density at radius 1 is 1.56 bits per heavy atom. The zero-order valence-corrected chi connectivity index (χ0v) is 9.40. The van der Waals surface area contributed by atoms with Gasteiger partial charge in [0, 0.05) is 30.6 Å². The monoisotopic (exact) mass is 230 g/mol. The number of anilines is 1. The van der Waals surface area contributed by atoms with Crippen molar-refractivity contribution in [3.05, 3.63) is 22.2 Å². The number of nitrogen functional groups attached to an aromatic ring is 1. The lowest BCUT2D eigenvalue weighted by atomic mass is 10.1. The molecular weight excluding hydrogens is 220 g/mol. The second kappa shape index (κ2) is 3.44. The van der Waals surface area contributed by atoms with Crippen LogP contribution in [-0.4, -0.2) is 11.5 Å². The van der Waals surface area contributed by atoms with Crippen LogP contribution in [0.4, 0.5) is 5.69 Å². The number of nitrogens with one attached hydrogen (secondary N) is 1. The van der Waals surface area contributed by atoms with E-state index in [1.165, 1.54) is 16.9 Å². The van der Waals surface area contributed by atoms with Crippen LogP contribution in [0.2, 0.25) is 0 Å². The normalized spacial score (nSPS) is 14.7. The van der Waals surface area contributed by atoms with E-state index >= 15 is 0 Å². The third-order valence-electron chi connectivity index (χ3n) is 2.85. The van der Waals surface area contributed by atoms with Gasteiger partial charge in [-0.15, -0.1) is 11.3 Å². The number of fused-ring (bicyclic) bond motifs is 2. The van der Waals surface area contributed by atoms with Crippen molar-refractivity contribution in [1.29, 1.82) is 5.26 Å². The largest absolute Gasteiger partial charge is 0.396 e. The Hall–Kier alpha value is -1.64. The van der Waals surface area contributed by atoms with Crippen LogP contribution in [-0.2, 0) is 13.0 Å². The molecule has 16 heavy (non-hydrogen) atoms. The van der Waals surface area contributed by atoms with Gasteiger partial charge in [-0.25, -0.2) is 4.98 Å². The van der Waals surface area contributed by atoms with Crippen molar-refractivity contribution in [3.63, 3.8) is 0 Å². The van der Waals surface area contributed by atoms with E-state index in [-0.39, 0.29) is 0 Å². The molecule has 2 aromatic rings. The summed E-state index contributed by atoms with van der Waals surface area (Å²) in [4.78, 5) is 6.04. The van der Waals surface area contributed by atoms with Crippen molar-refractivity contribution in [1.82, 2.24) is 10.3 Å². The Balaban J connectivity index is 2.30. The number of nitriles is 1. The maximum absolute atomic E-state index is 8.93. The molecule has 4 nitrogen and oxygen atoms in total. The van der Waals surface area contributed by atoms with Crippen molar-refractivity contribution in [3.8, 4) is 6.07 Å². The van der Waals surface area contributed by atoms with Gasteiger partial charge in [-0.2, -0.15) is 5.26 Å². The van der Waals surface area contributed by atoms with Gasteiger partial charge in [-0.1, -0.05) is 0 Å². The predicted octanol–water partition coefficient (Wildman–Crippen LogP) is 1.40. The zero-order valence-electron chi connectivity index (χ0n) is 8.58. The summed E-state index contributed by atoms with van der Waals surface area (Å²) in [5, 5.41) is 13.1. The van der Waals surface area contributed by atoms with Gasteiger partial charge in [0.05, 0.1) is 5.69 Å². The van der Waals surface area contributed by atoms with Gasteiger partial charge in [0.15, 0.2) is 0 Å². The Bertz CT molecular complexity index is 608. The Kier molecular flexibility index (Phi) is 2.06. The Morgan fingerprint density at radius 2 is 2.44 bits per heavy atom. The molecule has 0 saturated carbocycles. The molecule has 0 unspecified atom stereocenters. The van der Waals surface area contributed by atoms with Crippen LogP contribution in [0.3, 0.4) is 0 Å². The van der Waals surface area contributed by atoms with E-state index in [0.717, 1.165) is 35.4 Å². The number of rotatable bonds is 0. The Morgan fingerprint density at radius 3 is 3.25 bits per heavy atom. The van der Waals surface area contributed by atoms with Crippen LogP contribution in [0.15, 0.2) is 6.07 Å². The van der Waals surface area contributed by atoms with E-state index in [2.05, 4.69) is 22.4 Å². The molecule has 3 N–H and O–H groups in total. The molecule has 3 heterocycles. The van der Waals surface area contributed by atoms with Crippen LogP contribution in [0.5, 0.6) is 0 Å². The SMILES string of the molecule is N#Cc1sc2nc3c(cc2c1N)CNCC3. The van der Waals surface area contributed by atoms with E-state index in [4.69, 9.17) is 11.0 Å². The summed E-state index contributed by atoms with van der Waals surface area (Å²) >= 11 is 1.38. The summed E-state index contributed by atoms with van der Waals surface area (Å²) in [7, 11) is 0. The molecule has 1 aliphatic heterocycles. The van der Waals surface area contributed by atoms with Crippen molar-refractivity contribution < 1.29 is 0 Å². The molecule has 5 heteroatoms. The first kappa shape index (κ1) is 9.58. The van der Waals surface area contributed by atoms with Gasteiger partial charge in [-0.05, 0) is 11.6 Å². The number of nitrogens with two attached hydrogens (primary N) is 1. The highest BCUT2D eigenvalue weighted by atomic mass is 32.1. The van der Waals surface area contributed by atoms with Gasteiger partial charge in [0.2, 0.25) is 0 Å². The van der Waals surface area contributed by atoms with Gasteiger partial charge in [0.25, 0.3) is 0 Å². The highest BCUT2D eigenvalue weighted by Crippen LogP contribution is 2.33. The molecular formula is C11H10N4S. The number of hydrogen-bond donors (Lipinski definition) is 2. The van der Waals surface area contributed by atoms with Crippen molar-refractivity contribution in [2.24, 2.45) is 0 Å². The summed E-state index contributed by atoms with van der Waals surface area (Å²) in [6.45, 7) is 1.81. The maximum atomic E-state index is 8.93. The van der Waals surface area contributed by atoms with E-state index in [1.54, 1.807) is 0 Å². The minimum absolute atomic E-state index is 0.567. The van der Waals surface area contributed by atoms with E-state index < -0.39 is 0 Å². The fourth-order valence-corrected chi connectivity index (χ4v) is 2.89. The van der Waals surface area contributed by atoms with Crippen LogP contribution >= 0.6 is 11.3 Å². The lowest BCUT2D eigenvalue weighted by Gasteiger charge is -2.15. The predicted molar refractivity (Wildman–Crippen MR) is 64.2 cm³/mol. The molecule has 0 bridgehead atoms. The van der Waals surface area contributed by atoms with Gasteiger partial charge < -0.3 is 11.1 Å². The highest BCUT2D eigenvalue weighted by Gasteiger charge is 2.16. The van der Waals surface area contributed by atoms with Gasteiger partial charge >= 0.3 is 0 Å². The van der Waals surface area contributed by atoms with Gasteiger partial charge in [0.1, 0.15) is 15.8 Å². The second-order valence-electron chi connectivity index (χ2n) is 3.83. The fraction of sp³-hybridized carbons (Fsp3) is 0.273. The standard InChI is InChI=1S/C11H10N4S/c12-4-9-10(13)7-3-6-5-14-2-1-8(6)15-11(7)16-9/h3,14H,1-2,5,13H2. The van der Waals surface area contributed by atoms with Crippen LogP contribution in [0.1, 0.15) is 16.1 Å². The third kappa shape index (κ3) is 1.28. The van der Waals surface area contributed by atoms with E-state index in [1.807, 2.05) is 0 Å². The molecule has 2 aromatic heterocycles.